The first-order valence-corrected chi connectivity index (χ1v) is 12.7. The molecule has 0 unspecified atom stereocenters. The van der Waals surface area contributed by atoms with Crippen LogP contribution in [0.4, 0.5) is 4.39 Å². The third-order valence-electron chi connectivity index (χ3n) is 5.86. The molecule has 0 N–H and O–H groups in total. The summed E-state index contributed by atoms with van der Waals surface area (Å²) in [5, 5.41) is 4.60. The highest BCUT2D eigenvalue weighted by Gasteiger charge is 2.24. The maximum Gasteiger partial charge on any atom is 0.244 e. The van der Waals surface area contributed by atoms with Crippen LogP contribution in [0.5, 0.6) is 0 Å². The van der Waals surface area contributed by atoms with Crippen LogP contribution in [-0.2, 0) is 16.1 Å². The lowest BCUT2D eigenvalue weighted by atomic mass is 10.2. The molecule has 4 rings (SSSR count). The Balaban J connectivity index is 0.00000195. The molecule has 0 bridgehead atoms. The molecule has 0 atom stereocenters. The molecule has 1 saturated heterocycles. The van der Waals surface area contributed by atoms with E-state index in [1.165, 1.54) is 12.1 Å². The SMILES string of the molecule is C=C(/C=C(\N=C/C)N1CCN(C(=O)Cn2nc(-c3ccc(F)cc3)nc2-c2ccccc2)CC1)OC.CC. The molecule has 1 aliphatic heterocycles. The number of carbonyl (C=O) groups is 1. The summed E-state index contributed by atoms with van der Waals surface area (Å²) in [6, 6.07) is 15.6. The zero-order chi connectivity index (χ0) is 27.5. The maximum absolute atomic E-state index is 13.4. The second kappa shape index (κ2) is 13.9. The molecule has 2 heterocycles. The molecule has 0 radical (unpaired) electrons. The highest BCUT2D eigenvalue weighted by atomic mass is 19.1. The number of nitrogens with zero attached hydrogens (tertiary/aromatic N) is 6. The van der Waals surface area contributed by atoms with E-state index in [0.29, 0.717) is 49.2 Å². The van der Waals surface area contributed by atoms with Gasteiger partial charge in [0, 0.05) is 49.6 Å². The van der Waals surface area contributed by atoms with Crippen molar-refractivity contribution in [3.05, 3.63) is 84.6 Å². The van der Waals surface area contributed by atoms with Crippen LogP contribution in [0.3, 0.4) is 0 Å². The number of carbonyl (C=O) groups excluding carboxylic acids is 1. The van der Waals surface area contributed by atoms with Crippen molar-refractivity contribution in [2.45, 2.75) is 27.3 Å². The minimum Gasteiger partial charge on any atom is -0.497 e. The van der Waals surface area contributed by atoms with Crippen molar-refractivity contribution in [2.24, 2.45) is 4.99 Å². The van der Waals surface area contributed by atoms with Crippen molar-refractivity contribution in [1.82, 2.24) is 24.6 Å². The van der Waals surface area contributed by atoms with Gasteiger partial charge in [-0.1, -0.05) is 50.8 Å². The molecule has 38 heavy (non-hydrogen) atoms. The van der Waals surface area contributed by atoms with E-state index in [4.69, 9.17) is 4.74 Å². The Morgan fingerprint density at radius 1 is 1.03 bits per heavy atom. The first-order chi connectivity index (χ1) is 18.5. The monoisotopic (exact) mass is 518 g/mol. The minimum absolute atomic E-state index is 0.0480. The number of halogens is 1. The molecular weight excluding hydrogens is 483 g/mol. The standard InChI is InChI=1S/C27H29FN6O2.C2H6/c1-4-29-24(18-20(2)36-3)32-14-16-33(17-15-32)25(35)19-34-27(22-8-6-5-7-9-22)30-26(31-34)21-10-12-23(28)13-11-21;1-2/h4-13,18H,2,14-17,19H2,1,3H3;1-2H3/b24-18+,29-4-;. The average Bonchev–Trinajstić information content (AvgIpc) is 3.38. The fraction of sp³-hybridized carbons (Fsp3) is 0.310. The highest BCUT2D eigenvalue weighted by molar-refractivity contribution is 5.77. The summed E-state index contributed by atoms with van der Waals surface area (Å²) in [6.07, 6.45) is 3.51. The van der Waals surface area contributed by atoms with Crippen LogP contribution in [0.25, 0.3) is 22.8 Å². The van der Waals surface area contributed by atoms with E-state index in [9.17, 15) is 9.18 Å². The minimum atomic E-state index is -0.329. The van der Waals surface area contributed by atoms with Crippen LogP contribution in [0.1, 0.15) is 20.8 Å². The predicted octanol–water partition coefficient (Wildman–Crippen LogP) is 5.01. The molecular formula is C29H35FN6O2. The van der Waals surface area contributed by atoms with Crippen molar-refractivity contribution < 1.29 is 13.9 Å². The van der Waals surface area contributed by atoms with Crippen molar-refractivity contribution >= 4 is 12.1 Å². The number of aromatic nitrogens is 3. The van der Waals surface area contributed by atoms with Crippen LogP contribution in [-0.4, -0.2) is 70.0 Å². The summed E-state index contributed by atoms with van der Waals surface area (Å²) >= 11 is 0. The van der Waals surface area contributed by atoms with Gasteiger partial charge >= 0.3 is 0 Å². The highest BCUT2D eigenvalue weighted by Crippen LogP contribution is 2.23. The van der Waals surface area contributed by atoms with Crippen molar-refractivity contribution in [2.75, 3.05) is 33.3 Å². The number of hydrogen-bond donors (Lipinski definition) is 0. The molecule has 0 aliphatic carbocycles. The molecule has 3 aromatic rings. The first-order valence-electron chi connectivity index (χ1n) is 12.7. The molecule has 9 heteroatoms. The number of hydrogen-bond acceptors (Lipinski definition) is 6. The number of benzene rings is 2. The second-order valence-electron chi connectivity index (χ2n) is 8.22. The number of aliphatic imine (C=N–C) groups is 1. The Morgan fingerprint density at radius 3 is 2.26 bits per heavy atom. The Labute approximate surface area is 223 Å². The second-order valence-corrected chi connectivity index (χ2v) is 8.22. The molecule has 0 spiro atoms. The molecule has 0 saturated carbocycles. The van der Waals surface area contributed by atoms with Gasteiger partial charge in [-0.2, -0.15) is 0 Å². The molecule has 1 amide bonds. The predicted molar refractivity (Wildman–Crippen MR) is 149 cm³/mol. The van der Waals surface area contributed by atoms with Crippen LogP contribution >= 0.6 is 0 Å². The zero-order valence-corrected chi connectivity index (χ0v) is 22.5. The summed E-state index contributed by atoms with van der Waals surface area (Å²) in [7, 11) is 1.57. The fourth-order valence-electron chi connectivity index (χ4n) is 3.93. The van der Waals surface area contributed by atoms with Gasteiger partial charge in [0.1, 0.15) is 23.9 Å². The molecule has 1 aromatic heterocycles. The normalized spacial score (nSPS) is 13.8. The van der Waals surface area contributed by atoms with Crippen LogP contribution in [0.15, 0.2) is 83.8 Å². The zero-order valence-electron chi connectivity index (χ0n) is 22.5. The largest absolute Gasteiger partial charge is 0.497 e. The summed E-state index contributed by atoms with van der Waals surface area (Å²) < 4.78 is 20.2. The van der Waals surface area contributed by atoms with Crippen molar-refractivity contribution in [1.29, 1.82) is 0 Å². The third-order valence-corrected chi connectivity index (χ3v) is 5.86. The summed E-state index contributed by atoms with van der Waals surface area (Å²) in [4.78, 5) is 26.3. The van der Waals surface area contributed by atoms with Gasteiger partial charge in [0.25, 0.3) is 0 Å². The third kappa shape index (κ3) is 7.15. The van der Waals surface area contributed by atoms with E-state index in [2.05, 4.69) is 26.6 Å². The van der Waals surface area contributed by atoms with Gasteiger partial charge in [-0.15, -0.1) is 5.10 Å². The van der Waals surface area contributed by atoms with E-state index in [-0.39, 0.29) is 18.3 Å². The van der Waals surface area contributed by atoms with Gasteiger partial charge in [-0.05, 0) is 31.2 Å². The molecule has 1 fully saturated rings. The quantitative estimate of drug-likeness (QED) is 0.238. The summed E-state index contributed by atoms with van der Waals surface area (Å²) in [6.45, 7) is 12.1. The number of methoxy groups -OCH3 is 1. The maximum atomic E-state index is 13.4. The van der Waals surface area contributed by atoms with Gasteiger partial charge in [-0.25, -0.2) is 19.0 Å². The van der Waals surface area contributed by atoms with Gasteiger partial charge in [0.05, 0.1) is 7.11 Å². The fourth-order valence-corrected chi connectivity index (χ4v) is 3.93. The lowest BCUT2D eigenvalue weighted by Gasteiger charge is -2.36. The lowest BCUT2D eigenvalue weighted by Crippen LogP contribution is -2.49. The summed E-state index contributed by atoms with van der Waals surface area (Å²) in [5.41, 5.74) is 1.53. The number of rotatable bonds is 8. The first kappa shape index (κ1) is 28.3. The van der Waals surface area contributed by atoms with E-state index in [0.717, 1.165) is 11.4 Å². The van der Waals surface area contributed by atoms with Crippen LogP contribution in [0.2, 0.25) is 0 Å². The van der Waals surface area contributed by atoms with E-state index >= 15 is 0 Å². The topological polar surface area (TPSA) is 75.9 Å². The number of piperazine rings is 1. The Hall–Kier alpha value is -4.27. The van der Waals surface area contributed by atoms with E-state index < -0.39 is 0 Å². The molecule has 8 nitrogen and oxygen atoms in total. The van der Waals surface area contributed by atoms with Crippen LogP contribution in [0, 0.1) is 5.82 Å². The lowest BCUT2D eigenvalue weighted by molar-refractivity contribution is -0.133. The van der Waals surface area contributed by atoms with Gasteiger partial charge < -0.3 is 14.5 Å². The summed E-state index contributed by atoms with van der Waals surface area (Å²) in [5.74, 6) is 1.92. The number of amides is 1. The molecule has 2 aromatic carbocycles. The van der Waals surface area contributed by atoms with Gasteiger partial charge in [0.15, 0.2) is 11.6 Å². The van der Waals surface area contributed by atoms with E-state index in [1.807, 2.05) is 56.0 Å². The van der Waals surface area contributed by atoms with Gasteiger partial charge in [-0.3, -0.25) is 4.79 Å². The Bertz CT molecular complexity index is 1260. The van der Waals surface area contributed by atoms with Gasteiger partial charge in [0.2, 0.25) is 5.91 Å². The Kier molecular flexibility index (Phi) is 10.3. The smallest absolute Gasteiger partial charge is 0.244 e. The number of ether oxygens (including phenoxy) is 1. The van der Waals surface area contributed by atoms with Crippen LogP contribution < -0.4 is 0 Å². The van der Waals surface area contributed by atoms with Crippen molar-refractivity contribution in [3.8, 4) is 22.8 Å². The molecule has 1 aliphatic rings. The number of allylic oxidation sites excluding steroid dienone is 1. The molecule has 200 valence electrons. The average molecular weight is 519 g/mol. The van der Waals surface area contributed by atoms with Crippen molar-refractivity contribution in [3.63, 3.8) is 0 Å². The van der Waals surface area contributed by atoms with E-state index in [1.54, 1.807) is 36.2 Å². The Morgan fingerprint density at radius 2 is 1.66 bits per heavy atom.